The van der Waals surface area contributed by atoms with Gasteiger partial charge in [0.1, 0.15) is 4.90 Å². The van der Waals surface area contributed by atoms with Crippen LogP contribution in [0.4, 0.5) is 20.2 Å². The fraction of sp³-hybridized carbons (Fsp3) is 0.348. The summed E-state index contributed by atoms with van der Waals surface area (Å²) in [6.45, 7) is 2.20. The van der Waals surface area contributed by atoms with E-state index >= 15 is 0 Å². The predicted octanol–water partition coefficient (Wildman–Crippen LogP) is 5.97. The Bertz CT molecular complexity index is 1280. The van der Waals surface area contributed by atoms with Gasteiger partial charge in [-0.05, 0) is 72.2 Å². The highest BCUT2D eigenvalue weighted by Gasteiger charge is 2.23. The van der Waals surface area contributed by atoms with Crippen LogP contribution in [-0.2, 0) is 9.84 Å². The van der Waals surface area contributed by atoms with Gasteiger partial charge < -0.3 is 5.32 Å². The third-order valence-corrected chi connectivity index (χ3v) is 7.15. The van der Waals surface area contributed by atoms with Crippen molar-refractivity contribution in [2.24, 2.45) is 11.1 Å². The number of hydrogen-bond acceptors (Lipinski definition) is 6. The molecule has 1 N–H and O–H groups in total. The minimum Gasteiger partial charge on any atom is -0.381 e. The molecular weight excluding hydrogens is 436 g/mol. The van der Waals surface area contributed by atoms with Crippen LogP contribution in [0.1, 0.15) is 32.6 Å². The van der Waals surface area contributed by atoms with Gasteiger partial charge in [-0.15, -0.1) is 4.91 Å². The standard InChI is InChI=1S/C23H23F2N3O3S/c1-13-3-6-16(7-4-13)27-22-17-9-14(15-10-18(24)23(28-29)19(25)11-15)5-8-20(17)26-12-21(22)32(2,30)31/h5,8-13,16H,3-4,6-7H2,1-2H3,(H,26,27). The van der Waals surface area contributed by atoms with Crippen LogP contribution in [0.5, 0.6) is 0 Å². The smallest absolute Gasteiger partial charge is 0.179 e. The van der Waals surface area contributed by atoms with Gasteiger partial charge in [0.2, 0.25) is 0 Å². The van der Waals surface area contributed by atoms with E-state index in [1.54, 1.807) is 18.2 Å². The molecular formula is C23H23F2N3O3S. The van der Waals surface area contributed by atoms with Crippen molar-refractivity contribution in [2.75, 3.05) is 11.6 Å². The summed E-state index contributed by atoms with van der Waals surface area (Å²) in [6, 6.07) is 7.16. The maximum Gasteiger partial charge on any atom is 0.179 e. The number of aromatic nitrogens is 1. The van der Waals surface area contributed by atoms with Gasteiger partial charge in [-0.1, -0.05) is 13.0 Å². The summed E-state index contributed by atoms with van der Waals surface area (Å²) in [7, 11) is -3.58. The number of benzene rings is 2. The molecule has 1 aliphatic rings. The Kier molecular flexibility index (Phi) is 5.94. The summed E-state index contributed by atoms with van der Waals surface area (Å²) in [5.74, 6) is -1.49. The van der Waals surface area contributed by atoms with Crippen LogP contribution in [0.15, 0.2) is 46.6 Å². The number of fused-ring (bicyclic) bond motifs is 1. The van der Waals surface area contributed by atoms with E-state index in [1.165, 1.54) is 6.20 Å². The summed E-state index contributed by atoms with van der Waals surface area (Å²) in [5, 5.41) is 6.35. The summed E-state index contributed by atoms with van der Waals surface area (Å²) in [4.78, 5) is 15.0. The van der Waals surface area contributed by atoms with Gasteiger partial charge in [0, 0.05) is 23.9 Å². The van der Waals surface area contributed by atoms with Crippen LogP contribution in [-0.4, -0.2) is 25.7 Å². The molecule has 1 fully saturated rings. The maximum absolute atomic E-state index is 14.1. The summed E-state index contributed by atoms with van der Waals surface area (Å²) in [6.07, 6.45) is 6.42. The van der Waals surface area contributed by atoms with Crippen molar-refractivity contribution in [1.82, 2.24) is 4.98 Å². The van der Waals surface area contributed by atoms with E-state index in [0.717, 1.165) is 44.1 Å². The van der Waals surface area contributed by atoms with Gasteiger partial charge in [0.25, 0.3) is 0 Å². The van der Waals surface area contributed by atoms with Gasteiger partial charge in [-0.2, -0.15) is 0 Å². The molecule has 2 aromatic carbocycles. The molecule has 0 atom stereocenters. The second-order valence-electron chi connectivity index (χ2n) is 8.48. The number of sulfone groups is 1. The van der Waals surface area contributed by atoms with Gasteiger partial charge in [0.05, 0.1) is 11.2 Å². The highest BCUT2D eigenvalue weighted by atomic mass is 32.2. The molecule has 0 bridgehead atoms. The first-order chi connectivity index (χ1) is 15.2. The van der Waals surface area contributed by atoms with E-state index in [9.17, 15) is 22.1 Å². The molecule has 0 unspecified atom stereocenters. The van der Waals surface area contributed by atoms with E-state index < -0.39 is 27.2 Å². The van der Waals surface area contributed by atoms with Gasteiger partial charge >= 0.3 is 0 Å². The Morgan fingerprint density at radius 2 is 1.69 bits per heavy atom. The third kappa shape index (κ3) is 4.34. The lowest BCUT2D eigenvalue weighted by atomic mass is 9.87. The van der Waals surface area contributed by atoms with Gasteiger partial charge in [-0.25, -0.2) is 17.2 Å². The molecule has 9 heteroatoms. The molecule has 0 saturated heterocycles. The van der Waals surface area contributed by atoms with Crippen LogP contribution in [0.3, 0.4) is 0 Å². The van der Waals surface area contributed by atoms with Crippen molar-refractivity contribution in [3.8, 4) is 11.1 Å². The number of nitrogens with one attached hydrogen (secondary N) is 1. The molecule has 1 heterocycles. The highest BCUT2D eigenvalue weighted by molar-refractivity contribution is 7.90. The van der Waals surface area contributed by atoms with Crippen LogP contribution >= 0.6 is 0 Å². The van der Waals surface area contributed by atoms with Crippen molar-refractivity contribution in [3.63, 3.8) is 0 Å². The average Bonchev–Trinajstić information content (AvgIpc) is 2.74. The molecule has 32 heavy (non-hydrogen) atoms. The second kappa shape index (κ2) is 8.54. The zero-order valence-electron chi connectivity index (χ0n) is 17.7. The van der Waals surface area contributed by atoms with Crippen LogP contribution in [0.25, 0.3) is 22.0 Å². The quantitative estimate of drug-likeness (QED) is 0.475. The number of nitroso groups, excluding NO2 is 1. The molecule has 1 aliphatic carbocycles. The lowest BCUT2D eigenvalue weighted by Gasteiger charge is -2.29. The van der Waals surface area contributed by atoms with Crippen LogP contribution in [0.2, 0.25) is 0 Å². The van der Waals surface area contributed by atoms with E-state index in [4.69, 9.17) is 0 Å². The minimum absolute atomic E-state index is 0.0821. The number of nitrogens with zero attached hydrogens (tertiary/aromatic N) is 2. The van der Waals surface area contributed by atoms with Crippen molar-refractivity contribution in [1.29, 1.82) is 0 Å². The number of halogens is 2. The van der Waals surface area contributed by atoms with E-state index in [0.29, 0.717) is 28.1 Å². The molecule has 0 aliphatic heterocycles. The Labute approximate surface area is 185 Å². The minimum atomic E-state index is -3.58. The summed E-state index contributed by atoms with van der Waals surface area (Å²) in [5.41, 5.74) is 0.799. The molecule has 0 spiro atoms. The Morgan fingerprint density at radius 3 is 2.28 bits per heavy atom. The lowest BCUT2D eigenvalue weighted by Crippen LogP contribution is -2.26. The topological polar surface area (TPSA) is 88.5 Å². The SMILES string of the molecule is CC1CCC(Nc2c(S(C)(=O)=O)cnc3ccc(-c4cc(F)c(N=O)c(F)c4)cc23)CC1. The fourth-order valence-electron chi connectivity index (χ4n) is 4.21. The van der Waals surface area contributed by atoms with Crippen molar-refractivity contribution in [3.05, 3.63) is 53.1 Å². The molecule has 168 valence electrons. The van der Waals surface area contributed by atoms with E-state index in [2.05, 4.69) is 22.4 Å². The van der Waals surface area contributed by atoms with Crippen LogP contribution in [0, 0.1) is 22.5 Å². The van der Waals surface area contributed by atoms with Crippen LogP contribution < -0.4 is 5.32 Å². The van der Waals surface area contributed by atoms with E-state index in [-0.39, 0.29) is 16.5 Å². The largest absolute Gasteiger partial charge is 0.381 e. The Hall–Kier alpha value is -2.94. The van der Waals surface area contributed by atoms with Gasteiger partial charge in [-0.3, -0.25) is 4.98 Å². The zero-order chi connectivity index (χ0) is 23.0. The number of anilines is 1. The predicted molar refractivity (Wildman–Crippen MR) is 121 cm³/mol. The molecule has 4 rings (SSSR count). The van der Waals surface area contributed by atoms with E-state index in [1.807, 2.05) is 0 Å². The highest BCUT2D eigenvalue weighted by Crippen LogP contribution is 2.36. The van der Waals surface area contributed by atoms with Gasteiger partial charge in [0.15, 0.2) is 27.2 Å². The fourth-order valence-corrected chi connectivity index (χ4v) is 5.00. The molecule has 1 aromatic heterocycles. The molecule has 6 nitrogen and oxygen atoms in total. The maximum atomic E-state index is 14.1. The van der Waals surface area contributed by atoms with Crippen molar-refractivity contribution < 1.29 is 17.2 Å². The average molecular weight is 460 g/mol. The number of rotatable bonds is 5. The normalized spacial score (nSPS) is 19.1. The lowest BCUT2D eigenvalue weighted by molar-refractivity contribution is 0.361. The molecule has 0 radical (unpaired) electrons. The molecule has 0 amide bonds. The number of pyridine rings is 1. The summed E-state index contributed by atoms with van der Waals surface area (Å²) < 4.78 is 53.2. The van der Waals surface area contributed by atoms with Crippen molar-refractivity contribution in [2.45, 2.75) is 43.5 Å². The number of hydrogen-bond donors (Lipinski definition) is 1. The first-order valence-corrected chi connectivity index (χ1v) is 12.3. The second-order valence-corrected chi connectivity index (χ2v) is 10.5. The summed E-state index contributed by atoms with van der Waals surface area (Å²) >= 11 is 0. The Balaban J connectivity index is 1.86. The molecule has 1 saturated carbocycles. The third-order valence-electron chi connectivity index (χ3n) is 6.04. The first-order valence-electron chi connectivity index (χ1n) is 10.4. The monoisotopic (exact) mass is 459 g/mol. The molecule has 3 aromatic rings. The van der Waals surface area contributed by atoms with Crippen molar-refractivity contribution >= 4 is 32.1 Å². The first kappa shape index (κ1) is 22.3. The Morgan fingerprint density at radius 1 is 1.03 bits per heavy atom. The zero-order valence-corrected chi connectivity index (χ0v) is 18.5.